The highest BCUT2D eigenvalue weighted by atomic mass is 32.2. The van der Waals surface area contributed by atoms with Gasteiger partial charge in [0.2, 0.25) is 0 Å². The third kappa shape index (κ3) is 3.92. The van der Waals surface area contributed by atoms with Gasteiger partial charge in [0.25, 0.3) is 0 Å². The van der Waals surface area contributed by atoms with E-state index in [2.05, 4.69) is 39.3 Å². The average Bonchev–Trinajstić information content (AvgIpc) is 2.34. The van der Waals surface area contributed by atoms with Crippen LogP contribution in [0.25, 0.3) is 0 Å². The molecule has 0 amide bonds. The summed E-state index contributed by atoms with van der Waals surface area (Å²) in [6.45, 7) is 6.08. The molecule has 0 radical (unpaired) electrons. The molecule has 2 aromatic heterocycles. The lowest BCUT2D eigenvalue weighted by Crippen LogP contribution is -2.00. The standard InChI is InChI=1S/C14H18N4S/c1-9-5-10(2)17-14(6-9)19-8-13-16-11(3)7-12(15-4)18-13/h5-7H,8H2,1-4H3,(H,15,16,18). The Morgan fingerprint density at radius 3 is 2.42 bits per heavy atom. The van der Waals surface area contributed by atoms with Crippen molar-refractivity contribution < 1.29 is 0 Å². The largest absolute Gasteiger partial charge is 0.373 e. The van der Waals surface area contributed by atoms with Crippen molar-refractivity contribution in [1.29, 1.82) is 0 Å². The van der Waals surface area contributed by atoms with Crippen LogP contribution in [0.5, 0.6) is 0 Å². The van der Waals surface area contributed by atoms with Crippen LogP contribution >= 0.6 is 11.8 Å². The lowest BCUT2D eigenvalue weighted by molar-refractivity contribution is 0.988. The first-order valence-corrected chi connectivity index (χ1v) is 7.16. The van der Waals surface area contributed by atoms with E-state index in [9.17, 15) is 0 Å². The van der Waals surface area contributed by atoms with Crippen LogP contribution in [-0.2, 0) is 5.75 Å². The predicted molar refractivity (Wildman–Crippen MR) is 79.6 cm³/mol. The van der Waals surface area contributed by atoms with Gasteiger partial charge in [0.15, 0.2) is 0 Å². The Morgan fingerprint density at radius 2 is 1.74 bits per heavy atom. The molecular weight excluding hydrogens is 256 g/mol. The molecular formula is C14H18N4S. The molecule has 0 saturated carbocycles. The second-order valence-corrected chi connectivity index (χ2v) is 5.47. The van der Waals surface area contributed by atoms with Crippen molar-refractivity contribution in [3.63, 3.8) is 0 Å². The molecule has 4 nitrogen and oxygen atoms in total. The van der Waals surface area contributed by atoms with E-state index in [0.29, 0.717) is 0 Å². The fourth-order valence-electron chi connectivity index (χ4n) is 1.84. The van der Waals surface area contributed by atoms with Crippen molar-refractivity contribution in [2.24, 2.45) is 0 Å². The van der Waals surface area contributed by atoms with Crippen molar-refractivity contribution >= 4 is 17.6 Å². The maximum atomic E-state index is 4.51. The summed E-state index contributed by atoms with van der Waals surface area (Å²) in [5, 5.41) is 4.07. The Balaban J connectivity index is 2.11. The fourth-order valence-corrected chi connectivity index (χ4v) is 2.72. The smallest absolute Gasteiger partial charge is 0.141 e. The summed E-state index contributed by atoms with van der Waals surface area (Å²) in [7, 11) is 1.87. The lowest BCUT2D eigenvalue weighted by Gasteiger charge is -2.06. The lowest BCUT2D eigenvalue weighted by atomic mass is 10.3. The minimum atomic E-state index is 0.728. The van der Waals surface area contributed by atoms with Gasteiger partial charge in [-0.15, -0.1) is 0 Å². The number of anilines is 1. The molecule has 0 aromatic carbocycles. The fraction of sp³-hybridized carbons (Fsp3) is 0.357. The number of pyridine rings is 1. The Labute approximate surface area is 118 Å². The van der Waals surface area contributed by atoms with E-state index < -0.39 is 0 Å². The number of aryl methyl sites for hydroxylation is 3. The second-order valence-electron chi connectivity index (χ2n) is 4.47. The van der Waals surface area contributed by atoms with Crippen molar-refractivity contribution in [3.8, 4) is 0 Å². The first-order chi connectivity index (χ1) is 9.06. The summed E-state index contributed by atoms with van der Waals surface area (Å²) in [6.07, 6.45) is 0. The number of nitrogens with one attached hydrogen (secondary N) is 1. The number of aromatic nitrogens is 3. The van der Waals surface area contributed by atoms with E-state index in [1.807, 2.05) is 27.0 Å². The van der Waals surface area contributed by atoms with Gasteiger partial charge >= 0.3 is 0 Å². The van der Waals surface area contributed by atoms with Gasteiger partial charge in [-0.2, -0.15) is 0 Å². The third-order valence-corrected chi connectivity index (χ3v) is 3.49. The van der Waals surface area contributed by atoms with Gasteiger partial charge in [-0.3, -0.25) is 0 Å². The highest BCUT2D eigenvalue weighted by Crippen LogP contribution is 2.21. The van der Waals surface area contributed by atoms with Gasteiger partial charge in [0.1, 0.15) is 11.6 Å². The Kier molecular flexibility index (Phi) is 4.37. The summed E-state index contributed by atoms with van der Waals surface area (Å²) < 4.78 is 0. The molecule has 19 heavy (non-hydrogen) atoms. The van der Waals surface area contributed by atoms with Crippen LogP contribution in [0.4, 0.5) is 5.82 Å². The number of rotatable bonds is 4. The van der Waals surface area contributed by atoms with Crippen molar-refractivity contribution in [2.75, 3.05) is 12.4 Å². The zero-order valence-corrected chi connectivity index (χ0v) is 12.5. The molecule has 2 aromatic rings. The SMILES string of the molecule is CNc1cc(C)nc(CSc2cc(C)cc(C)n2)n1. The van der Waals surface area contributed by atoms with E-state index in [4.69, 9.17) is 0 Å². The van der Waals surface area contributed by atoms with E-state index in [1.54, 1.807) is 11.8 Å². The van der Waals surface area contributed by atoms with E-state index >= 15 is 0 Å². The van der Waals surface area contributed by atoms with Crippen LogP contribution < -0.4 is 5.32 Å². The highest BCUT2D eigenvalue weighted by Gasteiger charge is 2.04. The minimum absolute atomic E-state index is 0.728. The topological polar surface area (TPSA) is 50.7 Å². The van der Waals surface area contributed by atoms with Crippen LogP contribution in [0, 0.1) is 20.8 Å². The van der Waals surface area contributed by atoms with Crippen LogP contribution in [0.1, 0.15) is 22.8 Å². The number of nitrogens with zero attached hydrogens (tertiary/aromatic N) is 3. The zero-order chi connectivity index (χ0) is 13.8. The van der Waals surface area contributed by atoms with Gasteiger partial charge in [-0.25, -0.2) is 15.0 Å². The molecule has 0 aliphatic carbocycles. The van der Waals surface area contributed by atoms with Crippen molar-refractivity contribution in [2.45, 2.75) is 31.6 Å². The molecule has 0 fully saturated rings. The Hall–Kier alpha value is -1.62. The Bertz CT molecular complexity index is 563. The van der Waals surface area contributed by atoms with E-state index in [-0.39, 0.29) is 0 Å². The van der Waals surface area contributed by atoms with Gasteiger partial charge < -0.3 is 5.32 Å². The molecule has 0 unspecified atom stereocenters. The summed E-state index contributed by atoms with van der Waals surface area (Å²) in [6, 6.07) is 6.10. The summed E-state index contributed by atoms with van der Waals surface area (Å²) >= 11 is 1.67. The molecule has 5 heteroatoms. The van der Waals surface area contributed by atoms with E-state index in [0.717, 1.165) is 33.8 Å². The summed E-state index contributed by atoms with van der Waals surface area (Å²) in [5.74, 6) is 2.42. The monoisotopic (exact) mass is 274 g/mol. The molecule has 2 heterocycles. The summed E-state index contributed by atoms with van der Waals surface area (Å²) in [4.78, 5) is 13.4. The highest BCUT2D eigenvalue weighted by molar-refractivity contribution is 7.98. The minimum Gasteiger partial charge on any atom is -0.373 e. The molecule has 100 valence electrons. The predicted octanol–water partition coefficient (Wildman–Crippen LogP) is 3.13. The van der Waals surface area contributed by atoms with Crippen LogP contribution in [0.3, 0.4) is 0 Å². The third-order valence-electron chi connectivity index (χ3n) is 2.58. The molecule has 0 atom stereocenters. The van der Waals surface area contributed by atoms with Gasteiger partial charge in [-0.1, -0.05) is 11.8 Å². The first kappa shape index (κ1) is 13.8. The Morgan fingerprint density at radius 1 is 1.00 bits per heavy atom. The quantitative estimate of drug-likeness (QED) is 0.868. The van der Waals surface area contributed by atoms with Gasteiger partial charge in [0, 0.05) is 24.5 Å². The normalized spacial score (nSPS) is 10.5. The molecule has 2 rings (SSSR count). The van der Waals surface area contributed by atoms with Crippen LogP contribution in [-0.4, -0.2) is 22.0 Å². The second kappa shape index (κ2) is 6.02. The molecule has 0 bridgehead atoms. The van der Waals surface area contributed by atoms with Crippen LogP contribution in [0.2, 0.25) is 0 Å². The van der Waals surface area contributed by atoms with Crippen LogP contribution in [0.15, 0.2) is 23.2 Å². The van der Waals surface area contributed by atoms with Crippen molar-refractivity contribution in [3.05, 3.63) is 41.0 Å². The molecule has 0 spiro atoms. The zero-order valence-electron chi connectivity index (χ0n) is 11.7. The molecule has 0 saturated heterocycles. The van der Waals surface area contributed by atoms with E-state index in [1.165, 1.54) is 5.56 Å². The number of hydrogen-bond donors (Lipinski definition) is 1. The van der Waals surface area contributed by atoms with Crippen molar-refractivity contribution in [1.82, 2.24) is 15.0 Å². The van der Waals surface area contributed by atoms with Gasteiger partial charge in [0.05, 0.1) is 10.8 Å². The first-order valence-electron chi connectivity index (χ1n) is 6.17. The maximum absolute atomic E-state index is 4.51. The van der Waals surface area contributed by atoms with Gasteiger partial charge in [-0.05, 0) is 38.5 Å². The average molecular weight is 274 g/mol. The number of thioether (sulfide) groups is 1. The molecule has 0 aliphatic heterocycles. The maximum Gasteiger partial charge on any atom is 0.141 e. The molecule has 1 N–H and O–H groups in total. The number of hydrogen-bond acceptors (Lipinski definition) is 5. The summed E-state index contributed by atoms with van der Waals surface area (Å²) in [5.41, 5.74) is 3.25. The molecule has 0 aliphatic rings.